The summed E-state index contributed by atoms with van der Waals surface area (Å²) in [6.07, 6.45) is 0.224. The Hall–Kier alpha value is -3.52. The van der Waals surface area contributed by atoms with Gasteiger partial charge >= 0.3 is 0 Å². The lowest BCUT2D eigenvalue weighted by molar-refractivity contribution is -0.121. The minimum Gasteiger partial charge on any atom is -0.324 e. The van der Waals surface area contributed by atoms with Crippen molar-refractivity contribution in [3.05, 3.63) is 64.7 Å². The predicted molar refractivity (Wildman–Crippen MR) is 125 cm³/mol. The second kappa shape index (κ2) is 8.92. The summed E-state index contributed by atoms with van der Waals surface area (Å²) in [6.45, 7) is 6.32. The lowest BCUT2D eigenvalue weighted by atomic mass is 10.1. The van der Waals surface area contributed by atoms with E-state index in [1.54, 1.807) is 29.2 Å². The molecule has 0 radical (unpaired) electrons. The number of rotatable bonds is 5. The first-order chi connectivity index (χ1) is 15.3. The van der Waals surface area contributed by atoms with E-state index in [9.17, 15) is 14.4 Å². The Labute approximate surface area is 186 Å². The van der Waals surface area contributed by atoms with E-state index in [0.717, 1.165) is 0 Å². The summed E-state index contributed by atoms with van der Waals surface area (Å²) in [4.78, 5) is 49.2. The molecule has 32 heavy (non-hydrogen) atoms. The topological polar surface area (TPSA) is 98.4 Å². The summed E-state index contributed by atoms with van der Waals surface area (Å²) in [5.41, 5.74) is 1.75. The minimum atomic E-state index is -0.279. The van der Waals surface area contributed by atoms with Crippen LogP contribution in [0.1, 0.15) is 33.0 Å². The van der Waals surface area contributed by atoms with Gasteiger partial charge in [-0.05, 0) is 45.0 Å². The lowest BCUT2D eigenvalue weighted by Crippen LogP contribution is -2.46. The second-order valence-electron chi connectivity index (χ2n) is 8.41. The van der Waals surface area contributed by atoms with Crippen LogP contribution in [-0.2, 0) is 16.1 Å². The fraction of sp³-hybridized carbons (Fsp3) is 0.333. The molecule has 1 atom stereocenters. The molecule has 0 aliphatic carbocycles. The molecular weight excluding hydrogens is 406 g/mol. The molecule has 1 aliphatic heterocycles. The van der Waals surface area contributed by atoms with Crippen LogP contribution in [-0.4, -0.2) is 45.3 Å². The van der Waals surface area contributed by atoms with Gasteiger partial charge in [-0.3, -0.25) is 19.3 Å². The molecule has 0 fully saturated rings. The quantitative estimate of drug-likeness (QED) is 0.645. The van der Waals surface area contributed by atoms with Crippen molar-refractivity contribution in [2.45, 2.75) is 45.8 Å². The molecule has 0 saturated heterocycles. The maximum Gasteiger partial charge on any atom is 0.258 e. The Bertz CT molecular complexity index is 1220. The maximum atomic E-state index is 13.5. The van der Waals surface area contributed by atoms with Crippen molar-refractivity contribution in [3.63, 3.8) is 0 Å². The SMILES string of the molecule is CC(C)N(CC(=O)N1c2ccccc2NC(=O)CC1C)Cc1nc2ccccc2c(=O)[nH]1. The molecule has 0 bridgehead atoms. The van der Waals surface area contributed by atoms with Crippen molar-refractivity contribution in [2.24, 2.45) is 0 Å². The summed E-state index contributed by atoms with van der Waals surface area (Å²) in [6, 6.07) is 14.3. The molecule has 0 spiro atoms. The highest BCUT2D eigenvalue weighted by atomic mass is 16.2. The number of aromatic nitrogens is 2. The van der Waals surface area contributed by atoms with E-state index >= 15 is 0 Å². The molecule has 1 unspecified atom stereocenters. The fourth-order valence-electron chi connectivity index (χ4n) is 4.04. The summed E-state index contributed by atoms with van der Waals surface area (Å²) in [5.74, 6) is 0.286. The average Bonchev–Trinajstić information content (AvgIpc) is 2.87. The number of amides is 2. The van der Waals surface area contributed by atoms with Gasteiger partial charge < -0.3 is 15.2 Å². The van der Waals surface area contributed by atoms with E-state index < -0.39 is 0 Å². The molecule has 1 aromatic heterocycles. The number of nitrogens with zero attached hydrogens (tertiary/aromatic N) is 3. The number of hydrogen-bond acceptors (Lipinski definition) is 5. The van der Waals surface area contributed by atoms with Crippen LogP contribution in [0, 0.1) is 0 Å². The average molecular weight is 434 g/mol. The standard InChI is InChI=1S/C24H27N5O3/c1-15(2)28(13-21-25-18-9-5-4-8-17(18)24(32)27-21)14-23(31)29-16(3)12-22(30)26-19-10-6-7-11-20(19)29/h4-11,15-16H,12-14H2,1-3H3,(H,26,30)(H,25,27,32). The van der Waals surface area contributed by atoms with Crippen LogP contribution in [0.2, 0.25) is 0 Å². The molecule has 4 rings (SSSR count). The predicted octanol–water partition coefficient (Wildman–Crippen LogP) is 2.90. The zero-order valence-electron chi connectivity index (χ0n) is 18.5. The van der Waals surface area contributed by atoms with Gasteiger partial charge in [0.15, 0.2) is 0 Å². The van der Waals surface area contributed by atoms with Crippen LogP contribution in [0.3, 0.4) is 0 Å². The number of hydrogen-bond donors (Lipinski definition) is 2. The number of nitrogens with one attached hydrogen (secondary N) is 2. The van der Waals surface area contributed by atoms with Crippen molar-refractivity contribution < 1.29 is 9.59 Å². The summed E-state index contributed by atoms with van der Waals surface area (Å²) in [5, 5.41) is 3.42. The van der Waals surface area contributed by atoms with Crippen LogP contribution < -0.4 is 15.8 Å². The van der Waals surface area contributed by atoms with Crippen LogP contribution in [0.5, 0.6) is 0 Å². The number of carbonyl (C=O) groups excluding carboxylic acids is 2. The van der Waals surface area contributed by atoms with Gasteiger partial charge in [0.1, 0.15) is 5.82 Å². The molecule has 1 aliphatic rings. The molecular formula is C24H27N5O3. The van der Waals surface area contributed by atoms with Gasteiger partial charge in [0, 0.05) is 18.5 Å². The van der Waals surface area contributed by atoms with Gasteiger partial charge in [0.2, 0.25) is 11.8 Å². The molecule has 3 aromatic rings. The number of fused-ring (bicyclic) bond motifs is 2. The normalized spacial score (nSPS) is 16.2. The maximum absolute atomic E-state index is 13.5. The van der Waals surface area contributed by atoms with E-state index in [0.29, 0.717) is 34.6 Å². The van der Waals surface area contributed by atoms with Crippen molar-refractivity contribution in [3.8, 4) is 0 Å². The Morgan fingerprint density at radius 2 is 1.88 bits per heavy atom. The zero-order valence-corrected chi connectivity index (χ0v) is 18.5. The largest absolute Gasteiger partial charge is 0.324 e. The highest BCUT2D eigenvalue weighted by molar-refractivity contribution is 6.04. The molecule has 2 aromatic carbocycles. The number of para-hydroxylation sites is 3. The minimum absolute atomic E-state index is 0.0352. The Balaban J connectivity index is 1.60. The Kier molecular flexibility index (Phi) is 6.05. The van der Waals surface area contributed by atoms with E-state index in [4.69, 9.17) is 0 Å². The van der Waals surface area contributed by atoms with Crippen molar-refractivity contribution >= 4 is 34.1 Å². The molecule has 0 saturated carbocycles. The number of H-pyrrole nitrogens is 1. The third-order valence-electron chi connectivity index (χ3n) is 5.71. The van der Waals surface area contributed by atoms with Crippen molar-refractivity contribution in [2.75, 3.05) is 16.8 Å². The Morgan fingerprint density at radius 3 is 2.66 bits per heavy atom. The van der Waals surface area contributed by atoms with E-state index in [-0.39, 0.29) is 42.4 Å². The first kappa shape index (κ1) is 21.7. The molecule has 8 nitrogen and oxygen atoms in total. The van der Waals surface area contributed by atoms with E-state index in [1.807, 2.05) is 49.9 Å². The smallest absolute Gasteiger partial charge is 0.258 e. The van der Waals surface area contributed by atoms with Gasteiger partial charge in [-0.15, -0.1) is 0 Å². The second-order valence-corrected chi connectivity index (χ2v) is 8.41. The third kappa shape index (κ3) is 4.40. The van der Waals surface area contributed by atoms with Gasteiger partial charge in [-0.25, -0.2) is 4.98 Å². The summed E-state index contributed by atoms with van der Waals surface area (Å²) < 4.78 is 0. The van der Waals surface area contributed by atoms with Crippen molar-refractivity contribution in [1.82, 2.24) is 14.9 Å². The zero-order chi connectivity index (χ0) is 22.8. The first-order valence-corrected chi connectivity index (χ1v) is 10.8. The van der Waals surface area contributed by atoms with E-state index in [2.05, 4.69) is 15.3 Å². The number of aromatic amines is 1. The highest BCUT2D eigenvalue weighted by Gasteiger charge is 2.31. The Morgan fingerprint density at radius 1 is 1.16 bits per heavy atom. The molecule has 2 N–H and O–H groups in total. The molecule has 2 amide bonds. The number of anilines is 2. The summed E-state index contributed by atoms with van der Waals surface area (Å²) >= 11 is 0. The number of benzene rings is 2. The molecule has 166 valence electrons. The van der Waals surface area contributed by atoms with Crippen LogP contribution in [0.25, 0.3) is 10.9 Å². The third-order valence-corrected chi connectivity index (χ3v) is 5.71. The summed E-state index contributed by atoms with van der Waals surface area (Å²) in [7, 11) is 0. The molecule has 8 heteroatoms. The van der Waals surface area contributed by atoms with Crippen LogP contribution >= 0.6 is 0 Å². The lowest BCUT2D eigenvalue weighted by Gasteiger charge is -2.32. The highest BCUT2D eigenvalue weighted by Crippen LogP contribution is 2.31. The number of carbonyl (C=O) groups is 2. The van der Waals surface area contributed by atoms with E-state index in [1.165, 1.54) is 0 Å². The monoisotopic (exact) mass is 433 g/mol. The van der Waals surface area contributed by atoms with Crippen LogP contribution in [0.4, 0.5) is 11.4 Å². The van der Waals surface area contributed by atoms with Gasteiger partial charge in [-0.1, -0.05) is 24.3 Å². The first-order valence-electron chi connectivity index (χ1n) is 10.8. The fourth-order valence-corrected chi connectivity index (χ4v) is 4.04. The van der Waals surface area contributed by atoms with Gasteiger partial charge in [-0.2, -0.15) is 0 Å². The van der Waals surface area contributed by atoms with Gasteiger partial charge in [0.25, 0.3) is 5.56 Å². The van der Waals surface area contributed by atoms with Crippen LogP contribution in [0.15, 0.2) is 53.3 Å². The van der Waals surface area contributed by atoms with Gasteiger partial charge in [0.05, 0.1) is 35.4 Å². The van der Waals surface area contributed by atoms with Crippen molar-refractivity contribution in [1.29, 1.82) is 0 Å². The molecule has 2 heterocycles.